The van der Waals surface area contributed by atoms with Gasteiger partial charge in [0, 0.05) is 6.54 Å². The number of carbonyl (C=O) groups is 6. The van der Waals surface area contributed by atoms with Crippen molar-refractivity contribution >= 4 is 35.6 Å². The van der Waals surface area contributed by atoms with Gasteiger partial charge in [0.05, 0.1) is 18.9 Å². The Kier molecular flexibility index (Phi) is 9.33. The summed E-state index contributed by atoms with van der Waals surface area (Å²) in [6.07, 6.45) is -2.21. The second-order valence-corrected chi connectivity index (χ2v) is 7.18. The van der Waals surface area contributed by atoms with Crippen molar-refractivity contribution in [1.82, 2.24) is 15.5 Å². The van der Waals surface area contributed by atoms with Crippen LogP contribution < -0.4 is 22.1 Å². The van der Waals surface area contributed by atoms with E-state index in [0.717, 1.165) is 4.90 Å². The Bertz CT molecular complexity index is 742. The summed E-state index contributed by atoms with van der Waals surface area (Å²) in [5.74, 6) is -6.55. The van der Waals surface area contributed by atoms with Crippen LogP contribution in [0.2, 0.25) is 0 Å². The van der Waals surface area contributed by atoms with Gasteiger partial charge in [-0.05, 0) is 19.8 Å². The van der Waals surface area contributed by atoms with Crippen molar-refractivity contribution in [3.8, 4) is 0 Å². The molecule has 0 aromatic rings. The topological polar surface area (TPSA) is 242 Å². The normalized spacial score (nSPS) is 19.6. The SMILES string of the molecule is CC(O)C(N)C(=O)NC(CC(=O)O)C(=O)N1CCCC1C(=O)NC(CC(N)=O)C(=O)O. The zero-order valence-corrected chi connectivity index (χ0v) is 16.8. The third-order valence-electron chi connectivity index (χ3n) is 4.67. The van der Waals surface area contributed by atoms with Crippen molar-refractivity contribution in [2.45, 2.75) is 62.9 Å². The molecule has 0 aromatic heterocycles. The lowest BCUT2D eigenvalue weighted by atomic mass is 10.1. The summed E-state index contributed by atoms with van der Waals surface area (Å²) in [5.41, 5.74) is 10.5. The molecule has 0 bridgehead atoms. The van der Waals surface area contributed by atoms with E-state index < -0.39 is 78.7 Å². The highest BCUT2D eigenvalue weighted by Gasteiger charge is 2.40. The van der Waals surface area contributed by atoms with Crippen LogP contribution in [0.3, 0.4) is 0 Å². The second kappa shape index (κ2) is 11.2. The first-order valence-electron chi connectivity index (χ1n) is 9.42. The number of nitrogens with zero attached hydrogens (tertiary/aromatic N) is 1. The monoisotopic (exact) mass is 445 g/mol. The van der Waals surface area contributed by atoms with E-state index in [9.17, 15) is 33.9 Å². The van der Waals surface area contributed by atoms with Crippen LogP contribution in [-0.4, -0.2) is 92.6 Å². The zero-order chi connectivity index (χ0) is 23.9. The molecule has 1 heterocycles. The average molecular weight is 445 g/mol. The van der Waals surface area contributed by atoms with Crippen LogP contribution >= 0.6 is 0 Å². The predicted molar refractivity (Wildman–Crippen MR) is 102 cm³/mol. The lowest BCUT2D eigenvalue weighted by Gasteiger charge is -2.29. The second-order valence-electron chi connectivity index (χ2n) is 7.18. The van der Waals surface area contributed by atoms with Crippen molar-refractivity contribution < 1.29 is 44.1 Å². The Balaban J connectivity index is 2.98. The first kappa shape index (κ1) is 25.8. The fourth-order valence-electron chi connectivity index (χ4n) is 3.03. The Morgan fingerprint density at radius 1 is 1.06 bits per heavy atom. The van der Waals surface area contributed by atoms with Gasteiger partial charge in [-0.15, -0.1) is 0 Å². The van der Waals surface area contributed by atoms with E-state index in [0.29, 0.717) is 6.42 Å². The van der Waals surface area contributed by atoms with E-state index in [2.05, 4.69) is 10.6 Å². The number of carbonyl (C=O) groups excluding carboxylic acids is 4. The van der Waals surface area contributed by atoms with Crippen LogP contribution in [0.5, 0.6) is 0 Å². The molecule has 9 N–H and O–H groups in total. The van der Waals surface area contributed by atoms with Gasteiger partial charge in [0.2, 0.25) is 23.6 Å². The van der Waals surface area contributed by atoms with Crippen LogP contribution in [0.15, 0.2) is 0 Å². The number of nitrogens with one attached hydrogen (secondary N) is 2. The molecule has 5 unspecified atom stereocenters. The molecular weight excluding hydrogens is 418 g/mol. The third-order valence-corrected chi connectivity index (χ3v) is 4.67. The first-order valence-corrected chi connectivity index (χ1v) is 9.42. The number of aliphatic hydroxyl groups excluding tert-OH is 1. The number of hydrogen-bond donors (Lipinski definition) is 7. The maximum atomic E-state index is 12.9. The fourth-order valence-corrected chi connectivity index (χ4v) is 3.03. The van der Waals surface area contributed by atoms with Gasteiger partial charge in [0.1, 0.15) is 24.2 Å². The van der Waals surface area contributed by atoms with Gasteiger partial charge in [-0.1, -0.05) is 0 Å². The number of aliphatic carboxylic acids is 2. The molecule has 1 saturated heterocycles. The lowest BCUT2D eigenvalue weighted by molar-refractivity contribution is -0.147. The quantitative estimate of drug-likeness (QED) is 0.163. The average Bonchev–Trinajstić information content (AvgIpc) is 3.14. The van der Waals surface area contributed by atoms with E-state index >= 15 is 0 Å². The van der Waals surface area contributed by atoms with E-state index in [-0.39, 0.29) is 13.0 Å². The minimum atomic E-state index is -1.60. The van der Waals surface area contributed by atoms with E-state index in [4.69, 9.17) is 21.7 Å². The molecule has 1 rings (SSSR count). The van der Waals surface area contributed by atoms with E-state index in [1.165, 1.54) is 6.92 Å². The molecule has 1 fully saturated rings. The molecule has 174 valence electrons. The van der Waals surface area contributed by atoms with Gasteiger partial charge >= 0.3 is 11.9 Å². The summed E-state index contributed by atoms with van der Waals surface area (Å²) in [4.78, 5) is 71.9. The summed E-state index contributed by atoms with van der Waals surface area (Å²) in [5, 5.41) is 31.9. The van der Waals surface area contributed by atoms with Gasteiger partial charge < -0.3 is 42.3 Å². The number of amides is 4. The fraction of sp³-hybridized carbons (Fsp3) is 0.647. The number of nitrogens with two attached hydrogens (primary N) is 2. The molecule has 1 aliphatic heterocycles. The number of likely N-dealkylation sites (tertiary alicyclic amines) is 1. The standard InChI is InChI=1S/C17H27N5O9/c1-7(23)13(19)15(28)20-8(6-12(25)26)16(29)22-4-2-3-10(22)14(27)21-9(17(30)31)5-11(18)24/h7-10,13,23H,2-6,19H2,1H3,(H2,18,24)(H,20,28)(H,21,27)(H,25,26)(H,30,31). The summed E-state index contributed by atoms with van der Waals surface area (Å²) in [7, 11) is 0. The van der Waals surface area contributed by atoms with E-state index in [1.807, 2.05) is 0 Å². The van der Waals surface area contributed by atoms with Gasteiger partial charge in [-0.2, -0.15) is 0 Å². The number of primary amides is 1. The molecule has 5 atom stereocenters. The molecule has 0 aromatic carbocycles. The molecule has 0 spiro atoms. The number of aliphatic hydroxyl groups is 1. The van der Waals surface area contributed by atoms with Gasteiger partial charge in [-0.25, -0.2) is 4.79 Å². The molecule has 4 amide bonds. The summed E-state index contributed by atoms with van der Waals surface area (Å²) < 4.78 is 0. The first-order chi connectivity index (χ1) is 14.3. The Morgan fingerprint density at radius 3 is 2.16 bits per heavy atom. The maximum Gasteiger partial charge on any atom is 0.326 e. The minimum Gasteiger partial charge on any atom is -0.481 e. The predicted octanol–water partition coefficient (Wildman–Crippen LogP) is -3.91. The number of carboxylic acids is 2. The molecule has 0 aliphatic carbocycles. The summed E-state index contributed by atoms with van der Waals surface area (Å²) in [6.45, 7) is 1.29. The van der Waals surface area contributed by atoms with Crippen molar-refractivity contribution in [3.63, 3.8) is 0 Å². The number of hydrogen-bond acceptors (Lipinski definition) is 8. The Hall–Kier alpha value is -3.26. The maximum absolute atomic E-state index is 12.9. The van der Waals surface area contributed by atoms with Gasteiger partial charge in [0.15, 0.2) is 0 Å². The minimum absolute atomic E-state index is 0.0545. The number of rotatable bonds is 11. The smallest absolute Gasteiger partial charge is 0.326 e. The molecule has 0 radical (unpaired) electrons. The van der Waals surface area contributed by atoms with Crippen LogP contribution in [0.25, 0.3) is 0 Å². The van der Waals surface area contributed by atoms with Crippen molar-refractivity contribution in [2.75, 3.05) is 6.54 Å². The molecule has 14 heteroatoms. The number of carboxylic acid groups (broad SMARTS) is 2. The Labute approximate surface area is 176 Å². The molecule has 14 nitrogen and oxygen atoms in total. The van der Waals surface area contributed by atoms with Crippen molar-refractivity contribution in [1.29, 1.82) is 0 Å². The van der Waals surface area contributed by atoms with Crippen molar-refractivity contribution in [2.24, 2.45) is 11.5 Å². The van der Waals surface area contributed by atoms with Crippen LogP contribution in [0.1, 0.15) is 32.6 Å². The van der Waals surface area contributed by atoms with Crippen LogP contribution in [-0.2, 0) is 28.8 Å². The highest BCUT2D eigenvalue weighted by atomic mass is 16.4. The van der Waals surface area contributed by atoms with Crippen molar-refractivity contribution in [3.05, 3.63) is 0 Å². The Morgan fingerprint density at radius 2 is 1.68 bits per heavy atom. The van der Waals surface area contributed by atoms with Gasteiger partial charge in [-0.3, -0.25) is 24.0 Å². The molecular formula is C17H27N5O9. The highest BCUT2D eigenvalue weighted by Crippen LogP contribution is 2.20. The summed E-state index contributed by atoms with van der Waals surface area (Å²) in [6, 6.07) is -5.71. The zero-order valence-electron chi connectivity index (χ0n) is 16.8. The molecule has 1 aliphatic rings. The van der Waals surface area contributed by atoms with Crippen LogP contribution in [0.4, 0.5) is 0 Å². The highest BCUT2D eigenvalue weighted by molar-refractivity contribution is 5.96. The van der Waals surface area contributed by atoms with Crippen LogP contribution in [0, 0.1) is 0 Å². The largest absolute Gasteiger partial charge is 0.481 e. The molecule has 0 saturated carbocycles. The summed E-state index contributed by atoms with van der Waals surface area (Å²) >= 11 is 0. The van der Waals surface area contributed by atoms with E-state index in [1.54, 1.807) is 0 Å². The third kappa shape index (κ3) is 7.49. The molecule has 31 heavy (non-hydrogen) atoms. The van der Waals surface area contributed by atoms with Gasteiger partial charge in [0.25, 0.3) is 0 Å². The lowest BCUT2D eigenvalue weighted by Crippen LogP contribution is -2.58.